The summed E-state index contributed by atoms with van der Waals surface area (Å²) in [5.41, 5.74) is 11.4. The maximum atomic E-state index is 6.14. The average molecular weight is 751 g/mol. The molecule has 0 aliphatic heterocycles. The van der Waals surface area contributed by atoms with Gasteiger partial charge in [-0.3, -0.25) is 0 Å². The molecular formula is C56H34N2O. The lowest BCUT2D eigenvalue weighted by molar-refractivity contribution is 0.669. The Morgan fingerprint density at radius 3 is 1.66 bits per heavy atom. The Hall–Kier alpha value is -7.88. The molecule has 0 fully saturated rings. The predicted molar refractivity (Wildman–Crippen MR) is 247 cm³/mol. The summed E-state index contributed by atoms with van der Waals surface area (Å²) in [5, 5.41) is 12.1. The van der Waals surface area contributed by atoms with E-state index in [0.29, 0.717) is 5.82 Å². The molecule has 2 aromatic heterocycles. The quantitative estimate of drug-likeness (QED) is 0.130. The van der Waals surface area contributed by atoms with Gasteiger partial charge in [-0.05, 0) is 114 Å². The molecule has 0 unspecified atom stereocenters. The van der Waals surface area contributed by atoms with E-state index in [-0.39, 0.29) is 0 Å². The van der Waals surface area contributed by atoms with E-state index in [1.165, 1.54) is 60.0 Å². The van der Waals surface area contributed by atoms with Gasteiger partial charge in [0, 0.05) is 27.5 Å². The molecule has 3 heteroatoms. The molecule has 0 aliphatic rings. The Balaban J connectivity index is 0.915. The minimum absolute atomic E-state index is 0.694. The highest BCUT2D eigenvalue weighted by Crippen LogP contribution is 2.40. The maximum Gasteiger partial charge on any atom is 0.160 e. The first kappa shape index (κ1) is 33.3. The second-order valence-corrected chi connectivity index (χ2v) is 15.3. The standard InChI is InChI=1S/C56H34N2O/c1-2-11-38(12-3-1)56-57-51(34-52(58-56)44-27-29-54-50(33-44)47-16-8-9-17-53(47)59-54)43-25-24-40-30-39(22-23-41(40)31-43)35-18-20-37(21-19-35)55-46-15-7-5-13-42(46)32-49-45-14-6-4-10-36(45)26-28-48(49)55/h1-34H. The zero-order valence-electron chi connectivity index (χ0n) is 31.9. The molecule has 0 bridgehead atoms. The fourth-order valence-electron chi connectivity index (χ4n) is 8.89. The number of fused-ring (bicyclic) bond motifs is 8. The van der Waals surface area contributed by atoms with Crippen molar-refractivity contribution in [2.24, 2.45) is 0 Å². The van der Waals surface area contributed by atoms with Gasteiger partial charge in [-0.1, -0.05) is 158 Å². The Morgan fingerprint density at radius 2 is 0.847 bits per heavy atom. The van der Waals surface area contributed by atoms with Crippen LogP contribution in [-0.4, -0.2) is 9.97 Å². The van der Waals surface area contributed by atoms with E-state index in [2.05, 4.69) is 170 Å². The largest absolute Gasteiger partial charge is 0.456 e. The second-order valence-electron chi connectivity index (χ2n) is 15.3. The van der Waals surface area contributed by atoms with Gasteiger partial charge in [0.25, 0.3) is 0 Å². The molecule has 0 aliphatic carbocycles. The monoisotopic (exact) mass is 750 g/mol. The fraction of sp³-hybridized carbons (Fsp3) is 0. The molecule has 12 aromatic rings. The Bertz CT molecular complexity index is 3600. The molecule has 0 atom stereocenters. The van der Waals surface area contributed by atoms with Crippen molar-refractivity contribution in [1.82, 2.24) is 9.97 Å². The fourth-order valence-corrected chi connectivity index (χ4v) is 8.89. The third-order valence-electron chi connectivity index (χ3n) is 11.8. The van der Waals surface area contributed by atoms with Crippen LogP contribution < -0.4 is 0 Å². The van der Waals surface area contributed by atoms with E-state index in [0.717, 1.165) is 55.4 Å². The van der Waals surface area contributed by atoms with Crippen molar-refractivity contribution >= 4 is 65.0 Å². The summed E-state index contributed by atoms with van der Waals surface area (Å²) in [7, 11) is 0. The minimum atomic E-state index is 0.694. The van der Waals surface area contributed by atoms with Gasteiger partial charge in [-0.15, -0.1) is 0 Å². The smallest absolute Gasteiger partial charge is 0.160 e. The van der Waals surface area contributed by atoms with Crippen LogP contribution in [0.5, 0.6) is 0 Å². The van der Waals surface area contributed by atoms with Crippen molar-refractivity contribution in [3.8, 4) is 56.2 Å². The molecule has 0 saturated heterocycles. The van der Waals surface area contributed by atoms with E-state index < -0.39 is 0 Å². The summed E-state index contributed by atoms with van der Waals surface area (Å²) in [5.74, 6) is 0.694. The van der Waals surface area contributed by atoms with Gasteiger partial charge in [-0.2, -0.15) is 0 Å². The first-order valence-electron chi connectivity index (χ1n) is 20.0. The van der Waals surface area contributed by atoms with Crippen molar-refractivity contribution in [2.45, 2.75) is 0 Å². The molecule has 0 amide bonds. The van der Waals surface area contributed by atoms with Gasteiger partial charge in [-0.25, -0.2) is 9.97 Å². The summed E-state index contributed by atoms with van der Waals surface area (Å²) < 4.78 is 6.14. The normalized spacial score (nSPS) is 11.7. The van der Waals surface area contributed by atoms with Crippen molar-refractivity contribution in [3.63, 3.8) is 0 Å². The summed E-state index contributed by atoms with van der Waals surface area (Å²) in [6.07, 6.45) is 0. The molecule has 12 rings (SSSR count). The van der Waals surface area contributed by atoms with E-state index in [4.69, 9.17) is 14.4 Å². The number of rotatable bonds is 5. The van der Waals surface area contributed by atoms with Crippen molar-refractivity contribution < 1.29 is 4.42 Å². The highest BCUT2D eigenvalue weighted by molar-refractivity contribution is 6.20. The topological polar surface area (TPSA) is 38.9 Å². The number of furan rings is 1. The molecule has 0 spiro atoms. The molecule has 10 aromatic carbocycles. The summed E-state index contributed by atoms with van der Waals surface area (Å²) in [6, 6.07) is 73.6. The summed E-state index contributed by atoms with van der Waals surface area (Å²) in [6.45, 7) is 0. The van der Waals surface area contributed by atoms with Gasteiger partial charge in [0.2, 0.25) is 0 Å². The number of aromatic nitrogens is 2. The van der Waals surface area contributed by atoms with Crippen LogP contribution >= 0.6 is 0 Å². The number of benzene rings is 10. The lowest BCUT2D eigenvalue weighted by Crippen LogP contribution is -1.96. The first-order valence-corrected chi connectivity index (χ1v) is 20.0. The van der Waals surface area contributed by atoms with E-state index in [1.54, 1.807) is 0 Å². The Labute approximate surface area is 340 Å². The highest BCUT2D eigenvalue weighted by atomic mass is 16.3. The molecule has 0 N–H and O–H groups in total. The van der Waals surface area contributed by atoms with Crippen LogP contribution in [0.1, 0.15) is 0 Å². The van der Waals surface area contributed by atoms with Crippen LogP contribution in [0.2, 0.25) is 0 Å². The van der Waals surface area contributed by atoms with Crippen molar-refractivity contribution in [3.05, 3.63) is 206 Å². The van der Waals surface area contributed by atoms with E-state index in [1.807, 2.05) is 36.4 Å². The summed E-state index contributed by atoms with van der Waals surface area (Å²) in [4.78, 5) is 10.2. The number of nitrogens with zero attached hydrogens (tertiary/aromatic N) is 2. The first-order chi connectivity index (χ1) is 29.2. The lowest BCUT2D eigenvalue weighted by atomic mass is 9.89. The number of hydrogen-bond acceptors (Lipinski definition) is 3. The molecule has 0 radical (unpaired) electrons. The zero-order chi connectivity index (χ0) is 38.9. The van der Waals surface area contributed by atoms with E-state index in [9.17, 15) is 0 Å². The van der Waals surface area contributed by atoms with Crippen LogP contribution in [0.25, 0.3) is 121 Å². The van der Waals surface area contributed by atoms with Gasteiger partial charge >= 0.3 is 0 Å². The van der Waals surface area contributed by atoms with Gasteiger partial charge in [0.15, 0.2) is 5.82 Å². The molecule has 2 heterocycles. The minimum Gasteiger partial charge on any atom is -0.456 e. The molecule has 3 nitrogen and oxygen atoms in total. The second kappa shape index (κ2) is 13.4. The van der Waals surface area contributed by atoms with Crippen molar-refractivity contribution in [2.75, 3.05) is 0 Å². The Morgan fingerprint density at radius 1 is 0.271 bits per heavy atom. The van der Waals surface area contributed by atoms with Crippen LogP contribution in [0.4, 0.5) is 0 Å². The average Bonchev–Trinajstić information content (AvgIpc) is 3.69. The predicted octanol–water partition coefficient (Wildman–Crippen LogP) is 15.3. The molecular weight excluding hydrogens is 717 g/mol. The van der Waals surface area contributed by atoms with E-state index >= 15 is 0 Å². The molecule has 0 saturated carbocycles. The van der Waals surface area contributed by atoms with Crippen LogP contribution in [0, 0.1) is 0 Å². The van der Waals surface area contributed by atoms with Gasteiger partial charge in [0.05, 0.1) is 11.4 Å². The van der Waals surface area contributed by atoms with Crippen LogP contribution in [-0.2, 0) is 0 Å². The van der Waals surface area contributed by atoms with Gasteiger partial charge in [0.1, 0.15) is 11.2 Å². The zero-order valence-corrected chi connectivity index (χ0v) is 31.9. The van der Waals surface area contributed by atoms with Crippen LogP contribution in [0.15, 0.2) is 211 Å². The van der Waals surface area contributed by atoms with Gasteiger partial charge < -0.3 is 4.42 Å². The molecule has 274 valence electrons. The van der Waals surface area contributed by atoms with Crippen molar-refractivity contribution in [1.29, 1.82) is 0 Å². The lowest BCUT2D eigenvalue weighted by Gasteiger charge is -2.14. The number of hydrogen-bond donors (Lipinski definition) is 0. The molecule has 59 heavy (non-hydrogen) atoms. The number of para-hydroxylation sites is 1. The maximum absolute atomic E-state index is 6.14. The summed E-state index contributed by atoms with van der Waals surface area (Å²) >= 11 is 0. The Kier molecular flexibility index (Phi) is 7.54. The highest BCUT2D eigenvalue weighted by Gasteiger charge is 2.15. The SMILES string of the molecule is c1ccc(-c2nc(-c3ccc4cc(-c5ccc(-c6c7ccccc7cc7c6ccc6ccccc67)cc5)ccc4c3)cc(-c3ccc4oc5ccccc5c4c3)n2)cc1. The van der Waals surface area contributed by atoms with Crippen LogP contribution in [0.3, 0.4) is 0 Å². The third-order valence-corrected chi connectivity index (χ3v) is 11.8. The third kappa shape index (κ3) is 5.67.